The zero-order valence-corrected chi connectivity index (χ0v) is 66.2. The van der Waals surface area contributed by atoms with Crippen molar-refractivity contribution >= 4 is 39.5 Å². The van der Waals surface area contributed by atoms with Crippen LogP contribution in [0.5, 0.6) is 0 Å². The largest absolute Gasteiger partial charge is 0.472 e. The maximum absolute atomic E-state index is 13.1. The first-order chi connectivity index (χ1) is 47.1. The van der Waals surface area contributed by atoms with Crippen molar-refractivity contribution in [3.05, 3.63) is 0 Å². The molecule has 0 spiro atoms. The molecule has 6 atom stereocenters. The van der Waals surface area contributed by atoms with Crippen LogP contribution in [0, 0.1) is 23.7 Å². The summed E-state index contributed by atoms with van der Waals surface area (Å²) in [6, 6.07) is 0. The molecule has 0 aliphatic heterocycles. The molecule has 0 aromatic carbocycles. The number of rotatable bonds is 76. The average molecular weight is 1440 g/mol. The van der Waals surface area contributed by atoms with Crippen LogP contribution < -0.4 is 0 Å². The van der Waals surface area contributed by atoms with Gasteiger partial charge in [-0.2, -0.15) is 0 Å². The Hall–Kier alpha value is -1.94. The van der Waals surface area contributed by atoms with Crippen LogP contribution in [-0.4, -0.2) is 96.7 Å². The Morgan fingerprint density at radius 1 is 0.286 bits per heavy atom. The van der Waals surface area contributed by atoms with Crippen molar-refractivity contribution in [3.63, 3.8) is 0 Å². The van der Waals surface area contributed by atoms with Gasteiger partial charge in [0.05, 0.1) is 26.4 Å². The molecule has 98 heavy (non-hydrogen) atoms. The molecule has 0 rings (SSSR count). The van der Waals surface area contributed by atoms with Crippen molar-refractivity contribution in [3.8, 4) is 0 Å². The minimum absolute atomic E-state index is 0.105. The molecule has 19 heteroatoms. The molecule has 0 radical (unpaired) electrons. The highest BCUT2D eigenvalue weighted by Crippen LogP contribution is 2.45. The summed E-state index contributed by atoms with van der Waals surface area (Å²) >= 11 is 0. The number of aliphatic hydroxyl groups excluding tert-OH is 1. The van der Waals surface area contributed by atoms with Gasteiger partial charge in [-0.1, -0.05) is 351 Å². The van der Waals surface area contributed by atoms with Crippen LogP contribution in [-0.2, 0) is 65.4 Å². The topological polar surface area (TPSA) is 237 Å². The summed E-state index contributed by atoms with van der Waals surface area (Å²) in [7, 11) is -9.92. The first-order valence-electron chi connectivity index (χ1n) is 40.7. The maximum atomic E-state index is 13.1. The van der Waals surface area contributed by atoms with E-state index >= 15 is 0 Å². The quantitative estimate of drug-likeness (QED) is 0.0222. The second-order valence-electron chi connectivity index (χ2n) is 30.1. The molecule has 0 bridgehead atoms. The Balaban J connectivity index is 5.20. The van der Waals surface area contributed by atoms with E-state index in [1.54, 1.807) is 0 Å². The van der Waals surface area contributed by atoms with E-state index in [1.807, 2.05) is 0 Å². The van der Waals surface area contributed by atoms with Crippen LogP contribution in [0.3, 0.4) is 0 Å². The van der Waals surface area contributed by atoms with Gasteiger partial charge in [-0.25, -0.2) is 9.13 Å². The van der Waals surface area contributed by atoms with Crippen molar-refractivity contribution < 1.29 is 80.2 Å². The number of carbonyl (C=O) groups is 4. The Labute approximate surface area is 600 Å². The summed E-state index contributed by atoms with van der Waals surface area (Å²) in [6.45, 7) is 14.2. The monoisotopic (exact) mass is 1440 g/mol. The van der Waals surface area contributed by atoms with Gasteiger partial charge in [0.1, 0.15) is 19.3 Å². The zero-order valence-electron chi connectivity index (χ0n) is 64.4. The van der Waals surface area contributed by atoms with E-state index in [0.717, 1.165) is 120 Å². The Bertz CT molecular complexity index is 1920. The highest BCUT2D eigenvalue weighted by atomic mass is 31.2. The third-order valence-corrected chi connectivity index (χ3v) is 20.6. The lowest BCUT2D eigenvalue weighted by Gasteiger charge is -2.21. The molecule has 17 nitrogen and oxygen atoms in total. The predicted octanol–water partition coefficient (Wildman–Crippen LogP) is 23.2. The zero-order chi connectivity index (χ0) is 72.4. The first-order valence-corrected chi connectivity index (χ1v) is 43.7. The molecule has 0 saturated carbocycles. The van der Waals surface area contributed by atoms with Gasteiger partial charge in [0, 0.05) is 25.7 Å². The normalized spacial score (nSPS) is 14.3. The van der Waals surface area contributed by atoms with Gasteiger partial charge in [0.25, 0.3) is 0 Å². The molecule has 0 aliphatic rings. The SMILES string of the molecule is CCC(C)CCCCCCCCC(=O)OC[C@H](COP(=O)(O)OC[C@H](O)COP(=O)(O)OC[C@@H](COC(=O)CCCCCCCCCCCCCCCCCCCCC(C)C)OC(=O)CCCCCCCCCCCCC(C)C)OC(=O)CCCCCCCCCCCCCC(C)C. The molecule has 3 N–H and O–H groups in total. The highest BCUT2D eigenvalue weighted by Gasteiger charge is 2.30. The van der Waals surface area contributed by atoms with E-state index in [2.05, 4.69) is 55.4 Å². The van der Waals surface area contributed by atoms with E-state index in [4.69, 9.17) is 37.0 Å². The van der Waals surface area contributed by atoms with Crippen molar-refractivity contribution in [2.45, 2.75) is 420 Å². The van der Waals surface area contributed by atoms with E-state index in [1.165, 1.54) is 199 Å². The van der Waals surface area contributed by atoms with Crippen molar-refractivity contribution in [2.75, 3.05) is 39.6 Å². The third-order valence-electron chi connectivity index (χ3n) is 18.7. The summed E-state index contributed by atoms with van der Waals surface area (Å²) in [5.74, 6) is 0.952. The number of unbranched alkanes of at least 4 members (excludes halogenated alkanes) is 41. The molecule has 3 unspecified atom stereocenters. The van der Waals surface area contributed by atoms with Crippen molar-refractivity contribution in [2.24, 2.45) is 23.7 Å². The van der Waals surface area contributed by atoms with Gasteiger partial charge in [0.15, 0.2) is 12.2 Å². The van der Waals surface area contributed by atoms with Crippen LogP contribution in [0.2, 0.25) is 0 Å². The number of aliphatic hydroxyl groups is 1. The van der Waals surface area contributed by atoms with Crippen molar-refractivity contribution in [1.82, 2.24) is 0 Å². The van der Waals surface area contributed by atoms with Crippen LogP contribution >= 0.6 is 15.6 Å². The number of phosphoric acid groups is 2. The van der Waals surface area contributed by atoms with Gasteiger partial charge < -0.3 is 33.8 Å². The Kier molecular flexibility index (Phi) is 66.8. The smallest absolute Gasteiger partial charge is 0.462 e. The van der Waals surface area contributed by atoms with Crippen LogP contribution in [0.15, 0.2) is 0 Å². The van der Waals surface area contributed by atoms with Crippen LogP contribution in [0.1, 0.15) is 402 Å². The maximum Gasteiger partial charge on any atom is 0.472 e. The lowest BCUT2D eigenvalue weighted by Crippen LogP contribution is -2.30. The fraction of sp³-hybridized carbons (Fsp3) is 0.949. The summed E-state index contributed by atoms with van der Waals surface area (Å²) in [4.78, 5) is 72.9. The first kappa shape index (κ1) is 96.1. The number of hydrogen-bond donors (Lipinski definition) is 3. The summed E-state index contributed by atoms with van der Waals surface area (Å²) in [5.41, 5.74) is 0. The number of carbonyl (C=O) groups excluding carboxylic acids is 4. The van der Waals surface area contributed by atoms with E-state index in [-0.39, 0.29) is 25.7 Å². The molecule has 582 valence electrons. The van der Waals surface area contributed by atoms with Gasteiger partial charge in [-0.15, -0.1) is 0 Å². The van der Waals surface area contributed by atoms with Gasteiger partial charge in [-0.3, -0.25) is 37.3 Å². The van der Waals surface area contributed by atoms with Crippen LogP contribution in [0.4, 0.5) is 0 Å². The Morgan fingerprint density at radius 3 is 0.724 bits per heavy atom. The van der Waals surface area contributed by atoms with Gasteiger partial charge >= 0.3 is 39.5 Å². The molecular formula is C79H154O17P2. The fourth-order valence-electron chi connectivity index (χ4n) is 12.0. The van der Waals surface area contributed by atoms with Crippen molar-refractivity contribution in [1.29, 1.82) is 0 Å². The molecule has 0 saturated heterocycles. The molecule has 0 aromatic rings. The third kappa shape index (κ3) is 71.1. The summed E-state index contributed by atoms with van der Waals surface area (Å²) in [6.07, 6.45) is 54.2. The lowest BCUT2D eigenvalue weighted by atomic mass is 10.00. The summed E-state index contributed by atoms with van der Waals surface area (Å²) in [5, 5.41) is 10.6. The average Bonchev–Trinajstić information content (AvgIpc) is 1.12. The molecular weight excluding hydrogens is 1280 g/mol. The second-order valence-corrected chi connectivity index (χ2v) is 33.0. The van der Waals surface area contributed by atoms with Crippen LogP contribution in [0.25, 0.3) is 0 Å². The van der Waals surface area contributed by atoms with Gasteiger partial charge in [-0.05, 0) is 49.4 Å². The number of ether oxygens (including phenoxy) is 4. The Morgan fingerprint density at radius 2 is 0.490 bits per heavy atom. The molecule has 0 aromatic heterocycles. The van der Waals surface area contributed by atoms with Gasteiger partial charge in [0.2, 0.25) is 0 Å². The molecule has 0 amide bonds. The summed E-state index contributed by atoms with van der Waals surface area (Å²) < 4.78 is 68.6. The predicted molar refractivity (Wildman–Crippen MR) is 400 cm³/mol. The standard InChI is InChI=1S/C79H154O17P2/c1-9-72(8)58-50-42-37-38-44-52-60-77(82)90-66-75(96-78(83)61-53-45-35-29-22-18-20-26-32-40-48-56-70(4)5)68-94-98(87,88)92-64-73(80)63-91-97(85,86)93-67-74(95-79(84)62-54-46-36-30-24-23-27-33-41-49-57-71(6)7)65-89-76(81)59-51-43-34-28-21-17-15-13-11-10-12-14-16-19-25-31-39-47-55-69(2)3/h69-75,80H,9-68H2,1-8H3,(H,85,86)(H,87,88)/t72?,73-,74-,75-/m1/s1. The van der Waals surface area contributed by atoms with E-state index in [9.17, 15) is 43.2 Å². The molecule has 0 heterocycles. The lowest BCUT2D eigenvalue weighted by molar-refractivity contribution is -0.161. The minimum Gasteiger partial charge on any atom is -0.462 e. The highest BCUT2D eigenvalue weighted by molar-refractivity contribution is 7.47. The van der Waals surface area contributed by atoms with E-state index in [0.29, 0.717) is 25.7 Å². The second kappa shape index (κ2) is 68.2. The number of hydrogen-bond acceptors (Lipinski definition) is 15. The number of esters is 4. The molecule has 0 aliphatic carbocycles. The molecule has 0 fully saturated rings. The fourth-order valence-corrected chi connectivity index (χ4v) is 13.6. The number of phosphoric ester groups is 2. The van der Waals surface area contributed by atoms with E-state index < -0.39 is 97.5 Å². The minimum atomic E-state index is -4.96.